The van der Waals surface area contributed by atoms with Gasteiger partial charge in [-0.05, 0) is 50.1 Å². The Morgan fingerprint density at radius 1 is 1.28 bits per heavy atom. The van der Waals surface area contributed by atoms with Crippen molar-refractivity contribution in [3.8, 4) is 5.75 Å². The van der Waals surface area contributed by atoms with Crippen molar-refractivity contribution in [2.45, 2.75) is 38.1 Å². The standard InChI is InChI=1S/C19H20F2N2O2/c1-19(2)15(12-3-6-16(20)17(21)9-12)7-8-23(19)18(25)10-13-4-5-14(24)11-22-13/h3-6,9,11,15,24H,7-8,10H2,1-2H3. The lowest BCUT2D eigenvalue weighted by atomic mass is 9.82. The summed E-state index contributed by atoms with van der Waals surface area (Å²) in [6.45, 7) is 4.43. The third-order valence-corrected chi connectivity index (χ3v) is 4.98. The Labute approximate surface area is 145 Å². The monoisotopic (exact) mass is 346 g/mol. The number of benzene rings is 1. The average molecular weight is 346 g/mol. The first-order valence-electron chi connectivity index (χ1n) is 8.18. The van der Waals surface area contributed by atoms with E-state index >= 15 is 0 Å². The molecular weight excluding hydrogens is 326 g/mol. The van der Waals surface area contributed by atoms with Gasteiger partial charge in [0.2, 0.25) is 5.91 Å². The number of hydrogen-bond donors (Lipinski definition) is 1. The van der Waals surface area contributed by atoms with Gasteiger partial charge in [0.1, 0.15) is 5.75 Å². The third kappa shape index (κ3) is 3.34. The van der Waals surface area contributed by atoms with Gasteiger partial charge in [0.05, 0.1) is 12.6 Å². The normalized spacial score (nSPS) is 19.2. The lowest BCUT2D eigenvalue weighted by molar-refractivity contribution is -0.133. The molecule has 6 heteroatoms. The highest BCUT2D eigenvalue weighted by molar-refractivity contribution is 5.79. The average Bonchev–Trinajstić information content (AvgIpc) is 2.87. The van der Waals surface area contributed by atoms with Crippen LogP contribution in [-0.2, 0) is 11.2 Å². The zero-order valence-electron chi connectivity index (χ0n) is 14.2. The molecule has 1 N–H and O–H groups in total. The van der Waals surface area contributed by atoms with Gasteiger partial charge in [-0.1, -0.05) is 6.07 Å². The number of pyridine rings is 1. The highest BCUT2D eigenvalue weighted by Crippen LogP contribution is 2.42. The molecule has 0 spiro atoms. The SMILES string of the molecule is CC1(C)C(c2ccc(F)c(F)c2)CCN1C(=O)Cc1ccc(O)cn1. The van der Waals surface area contributed by atoms with E-state index in [1.54, 1.807) is 17.0 Å². The summed E-state index contributed by atoms with van der Waals surface area (Å²) < 4.78 is 26.8. The number of rotatable bonds is 3. The van der Waals surface area contributed by atoms with E-state index in [4.69, 9.17) is 0 Å². The van der Waals surface area contributed by atoms with Crippen molar-refractivity contribution in [1.82, 2.24) is 9.88 Å². The van der Waals surface area contributed by atoms with Crippen LogP contribution >= 0.6 is 0 Å². The van der Waals surface area contributed by atoms with Gasteiger partial charge < -0.3 is 10.0 Å². The molecule has 0 bridgehead atoms. The summed E-state index contributed by atoms with van der Waals surface area (Å²) in [4.78, 5) is 18.5. The molecular formula is C19H20F2N2O2. The van der Waals surface area contributed by atoms with Crippen LogP contribution in [0.1, 0.15) is 37.4 Å². The topological polar surface area (TPSA) is 53.4 Å². The quantitative estimate of drug-likeness (QED) is 0.927. The molecule has 25 heavy (non-hydrogen) atoms. The zero-order chi connectivity index (χ0) is 18.2. The summed E-state index contributed by atoms with van der Waals surface area (Å²) in [5, 5.41) is 9.27. The van der Waals surface area contributed by atoms with Crippen molar-refractivity contribution in [1.29, 1.82) is 0 Å². The van der Waals surface area contributed by atoms with Crippen LogP contribution in [-0.4, -0.2) is 33.0 Å². The Balaban J connectivity index is 1.78. The molecule has 0 aliphatic carbocycles. The maximum absolute atomic E-state index is 13.6. The number of hydrogen-bond acceptors (Lipinski definition) is 3. The maximum Gasteiger partial charge on any atom is 0.229 e. The van der Waals surface area contributed by atoms with Gasteiger partial charge in [-0.2, -0.15) is 0 Å². The van der Waals surface area contributed by atoms with Crippen LogP contribution in [0.4, 0.5) is 8.78 Å². The van der Waals surface area contributed by atoms with Crippen molar-refractivity contribution >= 4 is 5.91 Å². The maximum atomic E-state index is 13.6. The molecule has 1 aliphatic rings. The first kappa shape index (κ1) is 17.3. The molecule has 1 fully saturated rings. The highest BCUT2D eigenvalue weighted by atomic mass is 19.2. The molecule has 2 heterocycles. The van der Waals surface area contributed by atoms with Gasteiger partial charge in [0.25, 0.3) is 0 Å². The van der Waals surface area contributed by atoms with Crippen LogP contribution in [0, 0.1) is 11.6 Å². The number of aromatic hydroxyl groups is 1. The van der Waals surface area contributed by atoms with E-state index in [9.17, 15) is 18.7 Å². The predicted molar refractivity (Wildman–Crippen MR) is 89.1 cm³/mol. The number of halogens is 2. The van der Waals surface area contributed by atoms with E-state index in [0.29, 0.717) is 24.2 Å². The summed E-state index contributed by atoms with van der Waals surface area (Å²) in [5.74, 6) is -1.83. The summed E-state index contributed by atoms with van der Waals surface area (Å²) in [5.41, 5.74) is 0.759. The number of likely N-dealkylation sites (tertiary alicyclic amines) is 1. The fourth-order valence-corrected chi connectivity index (χ4v) is 3.61. The molecule has 3 rings (SSSR count). The summed E-state index contributed by atoms with van der Waals surface area (Å²) in [6.07, 6.45) is 2.13. The second-order valence-corrected chi connectivity index (χ2v) is 6.90. The Morgan fingerprint density at radius 3 is 2.68 bits per heavy atom. The van der Waals surface area contributed by atoms with Crippen LogP contribution in [0.5, 0.6) is 5.75 Å². The molecule has 1 aliphatic heterocycles. The van der Waals surface area contributed by atoms with E-state index in [1.165, 1.54) is 18.3 Å². The molecule has 132 valence electrons. The molecule has 1 aromatic heterocycles. The van der Waals surface area contributed by atoms with Crippen molar-refractivity contribution in [2.75, 3.05) is 6.54 Å². The molecule has 1 unspecified atom stereocenters. The van der Waals surface area contributed by atoms with Crippen LogP contribution < -0.4 is 0 Å². The van der Waals surface area contributed by atoms with Gasteiger partial charge in [0, 0.05) is 23.7 Å². The summed E-state index contributed by atoms with van der Waals surface area (Å²) in [7, 11) is 0. The van der Waals surface area contributed by atoms with Crippen molar-refractivity contribution in [3.63, 3.8) is 0 Å². The minimum Gasteiger partial charge on any atom is -0.506 e. The van der Waals surface area contributed by atoms with Gasteiger partial charge >= 0.3 is 0 Å². The minimum absolute atomic E-state index is 0.0519. The van der Waals surface area contributed by atoms with E-state index in [1.807, 2.05) is 13.8 Å². The number of aromatic nitrogens is 1. The van der Waals surface area contributed by atoms with Crippen LogP contribution in [0.25, 0.3) is 0 Å². The van der Waals surface area contributed by atoms with Crippen LogP contribution in [0.15, 0.2) is 36.5 Å². The van der Waals surface area contributed by atoms with Gasteiger partial charge in [0.15, 0.2) is 11.6 Å². The largest absolute Gasteiger partial charge is 0.506 e. The minimum atomic E-state index is -0.870. The van der Waals surface area contributed by atoms with Gasteiger partial charge in [-0.3, -0.25) is 9.78 Å². The molecule has 1 aromatic carbocycles. The Bertz CT molecular complexity index is 791. The van der Waals surface area contributed by atoms with Gasteiger partial charge in [-0.15, -0.1) is 0 Å². The fraction of sp³-hybridized carbons (Fsp3) is 0.368. The first-order chi connectivity index (χ1) is 11.8. The van der Waals surface area contributed by atoms with E-state index in [0.717, 1.165) is 6.07 Å². The number of nitrogens with zero attached hydrogens (tertiary/aromatic N) is 2. The molecule has 1 saturated heterocycles. The Hall–Kier alpha value is -2.50. The highest BCUT2D eigenvalue weighted by Gasteiger charge is 2.44. The van der Waals surface area contributed by atoms with E-state index < -0.39 is 17.2 Å². The Morgan fingerprint density at radius 2 is 2.04 bits per heavy atom. The lowest BCUT2D eigenvalue weighted by Crippen LogP contribution is -2.46. The van der Waals surface area contributed by atoms with Crippen LogP contribution in [0.2, 0.25) is 0 Å². The first-order valence-corrected chi connectivity index (χ1v) is 8.18. The lowest BCUT2D eigenvalue weighted by Gasteiger charge is -2.36. The number of carbonyl (C=O) groups excluding carboxylic acids is 1. The van der Waals surface area contributed by atoms with E-state index in [-0.39, 0.29) is 24.0 Å². The third-order valence-electron chi connectivity index (χ3n) is 4.98. The van der Waals surface area contributed by atoms with Crippen molar-refractivity contribution in [2.24, 2.45) is 0 Å². The van der Waals surface area contributed by atoms with Crippen molar-refractivity contribution in [3.05, 3.63) is 59.4 Å². The predicted octanol–water partition coefficient (Wildman–Crippen LogP) is 3.40. The van der Waals surface area contributed by atoms with Gasteiger partial charge in [-0.25, -0.2) is 8.78 Å². The van der Waals surface area contributed by atoms with Crippen molar-refractivity contribution < 1.29 is 18.7 Å². The molecule has 0 radical (unpaired) electrons. The smallest absolute Gasteiger partial charge is 0.229 e. The molecule has 0 saturated carbocycles. The second kappa shape index (κ2) is 6.43. The van der Waals surface area contributed by atoms with E-state index in [2.05, 4.69) is 4.98 Å². The second-order valence-electron chi connectivity index (χ2n) is 6.90. The number of carbonyl (C=O) groups is 1. The fourth-order valence-electron chi connectivity index (χ4n) is 3.61. The zero-order valence-corrected chi connectivity index (χ0v) is 14.2. The summed E-state index contributed by atoms with van der Waals surface area (Å²) >= 11 is 0. The summed E-state index contributed by atoms with van der Waals surface area (Å²) in [6, 6.07) is 7.04. The molecule has 1 atom stereocenters. The molecule has 4 nitrogen and oxygen atoms in total. The molecule has 2 aromatic rings. The van der Waals surface area contributed by atoms with Crippen LogP contribution in [0.3, 0.4) is 0 Å². The Kier molecular flexibility index (Phi) is 4.45. The number of amides is 1. The molecule has 1 amide bonds.